The highest BCUT2D eigenvalue weighted by molar-refractivity contribution is 5.20. The van der Waals surface area contributed by atoms with E-state index >= 15 is 0 Å². The summed E-state index contributed by atoms with van der Waals surface area (Å²) in [5.74, 6) is 0.368. The third-order valence-electron chi connectivity index (χ3n) is 3.38. The van der Waals surface area contributed by atoms with Crippen molar-refractivity contribution in [2.75, 3.05) is 6.54 Å². The molecule has 18 heavy (non-hydrogen) atoms. The Balaban J connectivity index is 2.60. The monoisotopic (exact) mass is 250 g/mol. The van der Waals surface area contributed by atoms with E-state index in [1.54, 1.807) is 0 Å². The van der Waals surface area contributed by atoms with Crippen molar-refractivity contribution in [1.82, 2.24) is 5.32 Å². The molecular formula is C15H26N2O. The molecule has 4 N–H and O–H groups in total. The van der Waals surface area contributed by atoms with Crippen molar-refractivity contribution < 1.29 is 5.11 Å². The van der Waals surface area contributed by atoms with Gasteiger partial charge in [-0.1, -0.05) is 37.3 Å². The Morgan fingerprint density at radius 3 is 2.28 bits per heavy atom. The van der Waals surface area contributed by atoms with Crippen molar-refractivity contribution in [2.45, 2.75) is 51.3 Å². The van der Waals surface area contributed by atoms with Gasteiger partial charge in [-0.25, -0.2) is 0 Å². The highest BCUT2D eigenvalue weighted by Crippen LogP contribution is 2.19. The molecule has 4 atom stereocenters. The van der Waals surface area contributed by atoms with Gasteiger partial charge in [0.25, 0.3) is 0 Å². The van der Waals surface area contributed by atoms with Crippen LogP contribution in [0.4, 0.5) is 0 Å². The second kappa shape index (κ2) is 7.52. The lowest BCUT2D eigenvalue weighted by atomic mass is 9.92. The number of hydrogen-bond donors (Lipinski definition) is 3. The van der Waals surface area contributed by atoms with Gasteiger partial charge in [0.05, 0.1) is 6.10 Å². The molecule has 0 saturated heterocycles. The lowest BCUT2D eigenvalue weighted by Gasteiger charge is -2.28. The summed E-state index contributed by atoms with van der Waals surface area (Å²) in [5.41, 5.74) is 7.16. The molecule has 1 rings (SSSR count). The summed E-state index contributed by atoms with van der Waals surface area (Å²) in [4.78, 5) is 0. The van der Waals surface area contributed by atoms with Crippen molar-refractivity contribution in [2.24, 2.45) is 5.73 Å². The van der Waals surface area contributed by atoms with E-state index in [4.69, 9.17) is 5.73 Å². The van der Waals surface area contributed by atoms with Crippen LogP contribution < -0.4 is 11.1 Å². The molecule has 3 heteroatoms. The number of hydrogen-bond acceptors (Lipinski definition) is 3. The van der Waals surface area contributed by atoms with E-state index in [-0.39, 0.29) is 18.2 Å². The second-order valence-corrected chi connectivity index (χ2v) is 5.19. The Morgan fingerprint density at radius 1 is 1.17 bits per heavy atom. The summed E-state index contributed by atoms with van der Waals surface area (Å²) in [6.45, 7) is 6.69. The van der Waals surface area contributed by atoms with E-state index < -0.39 is 0 Å². The molecule has 0 saturated carbocycles. The first kappa shape index (κ1) is 15.2. The molecule has 0 aromatic heterocycles. The van der Waals surface area contributed by atoms with E-state index in [0.29, 0.717) is 12.5 Å². The van der Waals surface area contributed by atoms with Gasteiger partial charge in [-0.3, -0.25) is 0 Å². The molecule has 3 nitrogen and oxygen atoms in total. The standard InChI is InChI=1S/C15H26N2O/c1-11(9-12(2)18)17-15(10-16)13(3)14-7-5-4-6-8-14/h4-8,11-13,15,17-18H,9-10,16H2,1-3H3. The molecule has 0 fully saturated rings. The number of aliphatic hydroxyl groups excluding tert-OH is 1. The zero-order valence-corrected chi connectivity index (χ0v) is 11.6. The molecule has 0 aliphatic heterocycles. The highest BCUT2D eigenvalue weighted by atomic mass is 16.3. The maximum atomic E-state index is 9.39. The highest BCUT2D eigenvalue weighted by Gasteiger charge is 2.19. The molecule has 0 aliphatic rings. The van der Waals surface area contributed by atoms with Gasteiger partial charge in [0.15, 0.2) is 0 Å². The average Bonchev–Trinajstić information content (AvgIpc) is 2.35. The summed E-state index contributed by atoms with van der Waals surface area (Å²) in [5, 5.41) is 12.9. The predicted octanol–water partition coefficient (Wildman–Crippen LogP) is 1.87. The van der Waals surface area contributed by atoms with E-state index in [0.717, 1.165) is 6.42 Å². The molecule has 0 spiro atoms. The summed E-state index contributed by atoms with van der Waals surface area (Å²) in [7, 11) is 0. The van der Waals surface area contributed by atoms with E-state index in [1.165, 1.54) is 5.56 Å². The number of benzene rings is 1. The van der Waals surface area contributed by atoms with Crippen molar-refractivity contribution >= 4 is 0 Å². The Hall–Kier alpha value is -0.900. The van der Waals surface area contributed by atoms with E-state index in [9.17, 15) is 5.11 Å². The lowest BCUT2D eigenvalue weighted by Crippen LogP contribution is -2.45. The Bertz CT molecular complexity index is 327. The summed E-state index contributed by atoms with van der Waals surface area (Å²) in [6, 6.07) is 10.9. The predicted molar refractivity (Wildman–Crippen MR) is 76.6 cm³/mol. The third-order valence-corrected chi connectivity index (χ3v) is 3.38. The quantitative estimate of drug-likeness (QED) is 0.692. The fourth-order valence-corrected chi connectivity index (χ4v) is 2.35. The summed E-state index contributed by atoms with van der Waals surface area (Å²) < 4.78 is 0. The van der Waals surface area contributed by atoms with Crippen LogP contribution in [0.3, 0.4) is 0 Å². The van der Waals surface area contributed by atoms with Crippen LogP contribution >= 0.6 is 0 Å². The fourth-order valence-electron chi connectivity index (χ4n) is 2.35. The summed E-state index contributed by atoms with van der Waals surface area (Å²) in [6.07, 6.45) is 0.468. The van der Waals surface area contributed by atoms with Crippen LogP contribution in [0.25, 0.3) is 0 Å². The first-order chi connectivity index (χ1) is 8.54. The van der Waals surface area contributed by atoms with Crippen LogP contribution in [-0.4, -0.2) is 29.8 Å². The van der Waals surface area contributed by atoms with Gasteiger partial charge in [-0.05, 0) is 31.7 Å². The molecule has 0 bridgehead atoms. The lowest BCUT2D eigenvalue weighted by molar-refractivity contribution is 0.167. The minimum Gasteiger partial charge on any atom is -0.393 e. The second-order valence-electron chi connectivity index (χ2n) is 5.19. The fraction of sp³-hybridized carbons (Fsp3) is 0.600. The smallest absolute Gasteiger partial charge is 0.0526 e. The summed E-state index contributed by atoms with van der Waals surface area (Å²) >= 11 is 0. The number of rotatable bonds is 7. The minimum absolute atomic E-state index is 0.237. The van der Waals surface area contributed by atoms with Gasteiger partial charge < -0.3 is 16.2 Å². The van der Waals surface area contributed by atoms with Crippen molar-refractivity contribution in [3.05, 3.63) is 35.9 Å². The van der Waals surface area contributed by atoms with Gasteiger partial charge in [0.2, 0.25) is 0 Å². The zero-order valence-electron chi connectivity index (χ0n) is 11.6. The minimum atomic E-state index is -0.280. The largest absolute Gasteiger partial charge is 0.393 e. The third kappa shape index (κ3) is 4.77. The molecular weight excluding hydrogens is 224 g/mol. The maximum Gasteiger partial charge on any atom is 0.0526 e. The van der Waals surface area contributed by atoms with E-state index in [2.05, 4.69) is 43.4 Å². The first-order valence-corrected chi connectivity index (χ1v) is 6.73. The average molecular weight is 250 g/mol. The van der Waals surface area contributed by atoms with Crippen LogP contribution in [0.5, 0.6) is 0 Å². The van der Waals surface area contributed by atoms with Crippen molar-refractivity contribution in [3.63, 3.8) is 0 Å². The molecule has 1 aromatic rings. The van der Waals surface area contributed by atoms with Crippen LogP contribution in [-0.2, 0) is 0 Å². The van der Waals surface area contributed by atoms with Gasteiger partial charge in [0.1, 0.15) is 0 Å². The van der Waals surface area contributed by atoms with Crippen LogP contribution in [0, 0.1) is 0 Å². The number of nitrogens with one attached hydrogen (secondary N) is 1. The zero-order chi connectivity index (χ0) is 13.5. The van der Waals surface area contributed by atoms with Crippen molar-refractivity contribution in [1.29, 1.82) is 0 Å². The molecule has 0 radical (unpaired) electrons. The van der Waals surface area contributed by atoms with Gasteiger partial charge in [0, 0.05) is 18.6 Å². The number of aliphatic hydroxyl groups is 1. The molecule has 4 unspecified atom stereocenters. The van der Waals surface area contributed by atoms with Gasteiger partial charge in [-0.15, -0.1) is 0 Å². The SMILES string of the molecule is CC(O)CC(C)NC(CN)C(C)c1ccccc1. The Kier molecular flexibility index (Phi) is 6.33. The molecule has 0 amide bonds. The first-order valence-electron chi connectivity index (χ1n) is 6.73. The molecule has 0 aliphatic carbocycles. The Labute approximate surface area is 110 Å². The van der Waals surface area contributed by atoms with Crippen LogP contribution in [0.1, 0.15) is 38.7 Å². The molecule has 102 valence electrons. The van der Waals surface area contributed by atoms with Crippen molar-refractivity contribution in [3.8, 4) is 0 Å². The normalized spacial score (nSPS) is 18.1. The number of nitrogens with two attached hydrogens (primary N) is 1. The van der Waals surface area contributed by atoms with Crippen LogP contribution in [0.15, 0.2) is 30.3 Å². The molecule has 0 heterocycles. The van der Waals surface area contributed by atoms with E-state index in [1.807, 2.05) is 13.0 Å². The van der Waals surface area contributed by atoms with Gasteiger partial charge in [-0.2, -0.15) is 0 Å². The van der Waals surface area contributed by atoms with Crippen LogP contribution in [0.2, 0.25) is 0 Å². The molecule has 1 aromatic carbocycles. The van der Waals surface area contributed by atoms with Gasteiger partial charge >= 0.3 is 0 Å². The Morgan fingerprint density at radius 2 is 1.78 bits per heavy atom. The maximum absolute atomic E-state index is 9.39. The topological polar surface area (TPSA) is 58.3 Å².